The van der Waals surface area contributed by atoms with Crippen LogP contribution in [-0.2, 0) is 17.9 Å². The number of ether oxygens (including phenoxy) is 1. The van der Waals surface area contributed by atoms with E-state index >= 15 is 0 Å². The molecule has 0 unspecified atom stereocenters. The van der Waals surface area contributed by atoms with Gasteiger partial charge in [-0.1, -0.05) is 70.8 Å². The number of carbonyl (C=O) groups excluding carboxylic acids is 1. The van der Waals surface area contributed by atoms with Crippen molar-refractivity contribution in [2.24, 2.45) is 0 Å². The number of hydrogen-bond donors (Lipinski definition) is 1. The van der Waals surface area contributed by atoms with E-state index in [-0.39, 0.29) is 28.3 Å². The average molecular weight is 498 g/mol. The number of aryl methyl sites for hydroxylation is 1. The van der Waals surface area contributed by atoms with Crippen LogP contribution in [0.4, 0.5) is 5.69 Å². The van der Waals surface area contributed by atoms with Crippen LogP contribution in [0.5, 0.6) is 5.75 Å². The number of amides is 1. The fraction of sp³-hybridized carbons (Fsp3) is 0.190. The summed E-state index contributed by atoms with van der Waals surface area (Å²) < 4.78 is 7.73. The van der Waals surface area contributed by atoms with Gasteiger partial charge < -0.3 is 10.1 Å². The van der Waals surface area contributed by atoms with Gasteiger partial charge >= 0.3 is 0 Å². The number of carbonyl (C=O) groups is 1. The van der Waals surface area contributed by atoms with Crippen molar-refractivity contribution in [2.75, 3.05) is 11.1 Å². The molecule has 0 aliphatic carbocycles. The zero-order valence-corrected chi connectivity index (χ0v) is 19.7. The van der Waals surface area contributed by atoms with Crippen LogP contribution in [0.15, 0.2) is 54.2 Å². The Morgan fingerprint density at radius 2 is 1.94 bits per heavy atom. The quantitative estimate of drug-likeness (QED) is 0.288. The Kier molecular flexibility index (Phi) is 8.26. The molecule has 10 heteroatoms. The monoisotopic (exact) mass is 496 g/mol. The normalized spacial score (nSPS) is 10.7. The summed E-state index contributed by atoms with van der Waals surface area (Å²) in [6, 6.07) is 10.8. The first-order valence-corrected chi connectivity index (χ1v) is 11.3. The van der Waals surface area contributed by atoms with Crippen LogP contribution >= 0.6 is 46.6 Å². The minimum absolute atomic E-state index is 0.0865. The van der Waals surface area contributed by atoms with Gasteiger partial charge in [0.25, 0.3) is 0 Å². The number of rotatable bonds is 9. The average Bonchev–Trinajstić information content (AvgIpc) is 3.10. The van der Waals surface area contributed by atoms with E-state index in [9.17, 15) is 4.79 Å². The van der Waals surface area contributed by atoms with Gasteiger partial charge in [0.1, 0.15) is 12.4 Å². The minimum atomic E-state index is -0.290. The van der Waals surface area contributed by atoms with E-state index in [0.717, 1.165) is 11.3 Å². The lowest BCUT2D eigenvalue weighted by Gasteiger charge is -2.11. The summed E-state index contributed by atoms with van der Waals surface area (Å²) in [5.74, 6) is 1.21. The molecule has 0 saturated carbocycles. The molecule has 0 aliphatic rings. The SMILES string of the molecule is C=CCn1c(COc2ccccc2C)nnc1SCC(=O)Nc1c(Cl)cc(Cl)cc1Cl. The third kappa shape index (κ3) is 6.17. The molecule has 1 aromatic heterocycles. The second-order valence-electron chi connectivity index (χ2n) is 6.43. The molecule has 0 radical (unpaired) electrons. The third-order valence-corrected chi connectivity index (χ3v) is 5.94. The molecule has 1 N–H and O–H groups in total. The molecule has 6 nitrogen and oxygen atoms in total. The lowest BCUT2D eigenvalue weighted by atomic mass is 10.2. The predicted molar refractivity (Wildman–Crippen MR) is 127 cm³/mol. The van der Waals surface area contributed by atoms with Crippen LogP contribution < -0.4 is 10.1 Å². The van der Waals surface area contributed by atoms with Crippen molar-refractivity contribution in [3.63, 3.8) is 0 Å². The van der Waals surface area contributed by atoms with E-state index < -0.39 is 0 Å². The first kappa shape index (κ1) is 23.5. The Labute approximate surface area is 199 Å². The lowest BCUT2D eigenvalue weighted by Crippen LogP contribution is -2.15. The highest BCUT2D eigenvalue weighted by molar-refractivity contribution is 7.99. The zero-order chi connectivity index (χ0) is 22.4. The second kappa shape index (κ2) is 10.9. The highest BCUT2D eigenvalue weighted by Gasteiger charge is 2.16. The molecule has 2 aromatic carbocycles. The number of para-hydroxylation sites is 1. The Hall–Kier alpha value is -2.19. The van der Waals surface area contributed by atoms with E-state index in [2.05, 4.69) is 22.1 Å². The number of thioether (sulfide) groups is 1. The van der Waals surface area contributed by atoms with Gasteiger partial charge in [-0.2, -0.15) is 0 Å². The van der Waals surface area contributed by atoms with Crippen molar-refractivity contribution in [2.45, 2.75) is 25.2 Å². The Morgan fingerprint density at radius 1 is 1.23 bits per heavy atom. The van der Waals surface area contributed by atoms with Crippen molar-refractivity contribution in [1.29, 1.82) is 0 Å². The van der Waals surface area contributed by atoms with Crippen LogP contribution in [0.25, 0.3) is 0 Å². The molecule has 0 aliphatic heterocycles. The molecule has 3 rings (SSSR count). The summed E-state index contributed by atoms with van der Waals surface area (Å²) in [5, 5.41) is 12.6. The molecule has 0 bridgehead atoms. The smallest absolute Gasteiger partial charge is 0.234 e. The molecule has 1 amide bonds. The number of hydrogen-bond acceptors (Lipinski definition) is 5. The third-order valence-electron chi connectivity index (χ3n) is 4.16. The van der Waals surface area contributed by atoms with Crippen LogP contribution in [0.3, 0.4) is 0 Å². The maximum Gasteiger partial charge on any atom is 0.234 e. The van der Waals surface area contributed by atoms with Crippen LogP contribution in [0.2, 0.25) is 15.1 Å². The van der Waals surface area contributed by atoms with E-state index in [1.165, 1.54) is 23.9 Å². The number of nitrogens with zero attached hydrogens (tertiary/aromatic N) is 3. The van der Waals surface area contributed by atoms with Gasteiger partial charge in [-0.15, -0.1) is 16.8 Å². The number of halogens is 3. The summed E-state index contributed by atoms with van der Waals surface area (Å²) in [7, 11) is 0. The fourth-order valence-corrected chi connectivity index (χ4v) is 4.35. The molecule has 1 heterocycles. The molecule has 0 spiro atoms. The van der Waals surface area contributed by atoms with Crippen molar-refractivity contribution >= 4 is 58.2 Å². The number of nitrogens with one attached hydrogen (secondary N) is 1. The summed E-state index contributed by atoms with van der Waals surface area (Å²) in [6.07, 6.45) is 1.73. The van der Waals surface area contributed by atoms with E-state index in [1.54, 1.807) is 6.08 Å². The van der Waals surface area contributed by atoms with Crippen molar-refractivity contribution < 1.29 is 9.53 Å². The maximum atomic E-state index is 12.4. The van der Waals surface area contributed by atoms with Gasteiger partial charge in [-0.05, 0) is 30.7 Å². The molecule has 0 fully saturated rings. The zero-order valence-electron chi connectivity index (χ0n) is 16.6. The predicted octanol–water partition coefficient (Wildman–Crippen LogP) is 6.04. The van der Waals surface area contributed by atoms with Crippen LogP contribution in [0.1, 0.15) is 11.4 Å². The summed E-state index contributed by atoms with van der Waals surface area (Å²) >= 11 is 19.4. The number of anilines is 1. The number of benzene rings is 2. The van der Waals surface area contributed by atoms with Crippen molar-refractivity contribution in [3.05, 3.63) is 75.5 Å². The molecule has 162 valence electrons. The van der Waals surface area contributed by atoms with Crippen molar-refractivity contribution in [3.8, 4) is 5.75 Å². The number of allylic oxidation sites excluding steroid dienone is 1. The standard InChI is InChI=1S/C21H19Cl3N4O2S/c1-3-8-28-18(11-30-17-7-5-4-6-13(17)2)26-27-21(28)31-12-19(29)25-20-15(23)9-14(22)10-16(20)24/h3-7,9-10H,1,8,11-12H2,2H3,(H,25,29). The maximum absolute atomic E-state index is 12.4. The van der Waals surface area contributed by atoms with E-state index in [0.29, 0.717) is 28.2 Å². The van der Waals surface area contributed by atoms with Gasteiger partial charge in [0.15, 0.2) is 11.0 Å². The first-order valence-electron chi connectivity index (χ1n) is 9.17. The van der Waals surface area contributed by atoms with E-state index in [1.807, 2.05) is 35.8 Å². The number of aromatic nitrogens is 3. The topological polar surface area (TPSA) is 69.0 Å². The molecule has 3 aromatic rings. The Morgan fingerprint density at radius 3 is 2.61 bits per heavy atom. The summed E-state index contributed by atoms with van der Waals surface area (Å²) in [5.41, 5.74) is 1.35. The summed E-state index contributed by atoms with van der Waals surface area (Å²) in [6.45, 7) is 6.49. The van der Waals surface area contributed by atoms with Crippen LogP contribution in [0, 0.1) is 6.92 Å². The largest absolute Gasteiger partial charge is 0.485 e. The van der Waals surface area contributed by atoms with Gasteiger partial charge in [0.2, 0.25) is 5.91 Å². The Bertz CT molecular complexity index is 1080. The highest BCUT2D eigenvalue weighted by atomic mass is 35.5. The van der Waals surface area contributed by atoms with Gasteiger partial charge in [-0.25, -0.2) is 0 Å². The fourth-order valence-electron chi connectivity index (χ4n) is 2.67. The molecular weight excluding hydrogens is 479 g/mol. The van der Waals surface area contributed by atoms with Gasteiger partial charge in [-0.3, -0.25) is 9.36 Å². The van der Waals surface area contributed by atoms with Gasteiger partial charge in [0, 0.05) is 11.6 Å². The molecule has 0 saturated heterocycles. The molecular formula is C21H19Cl3N4O2S. The van der Waals surface area contributed by atoms with Gasteiger partial charge in [0.05, 0.1) is 21.5 Å². The molecule has 31 heavy (non-hydrogen) atoms. The second-order valence-corrected chi connectivity index (χ2v) is 8.63. The Balaban J connectivity index is 1.65. The van der Waals surface area contributed by atoms with Crippen molar-refractivity contribution in [1.82, 2.24) is 14.8 Å². The minimum Gasteiger partial charge on any atom is -0.485 e. The lowest BCUT2D eigenvalue weighted by molar-refractivity contribution is -0.113. The van der Waals surface area contributed by atoms with Crippen LogP contribution in [-0.4, -0.2) is 26.4 Å². The molecule has 0 atom stereocenters. The highest BCUT2D eigenvalue weighted by Crippen LogP contribution is 2.34. The van der Waals surface area contributed by atoms with E-state index in [4.69, 9.17) is 39.5 Å². The first-order chi connectivity index (χ1) is 14.9. The summed E-state index contributed by atoms with van der Waals surface area (Å²) in [4.78, 5) is 12.4.